The van der Waals surface area contributed by atoms with Gasteiger partial charge in [-0.1, -0.05) is 23.7 Å². The molecule has 0 bridgehead atoms. The lowest BCUT2D eigenvalue weighted by Crippen LogP contribution is -2.01. The van der Waals surface area contributed by atoms with E-state index in [1.807, 2.05) is 24.3 Å². The first-order valence-electron chi connectivity index (χ1n) is 5.79. The number of halogens is 1. The normalized spacial score (nSPS) is 10.1. The van der Waals surface area contributed by atoms with Gasteiger partial charge in [-0.3, -0.25) is 0 Å². The second kappa shape index (κ2) is 6.29. The topological polar surface area (TPSA) is 43.4 Å². The SMILES string of the molecule is COc1ccc(CNc2cc(OC)cc(Cl)n2)cc1. The molecule has 1 aromatic carbocycles. The molecular weight excluding hydrogens is 264 g/mol. The zero-order valence-electron chi connectivity index (χ0n) is 10.8. The molecule has 0 aliphatic rings. The van der Waals surface area contributed by atoms with Gasteiger partial charge in [-0.2, -0.15) is 0 Å². The molecule has 0 unspecified atom stereocenters. The highest BCUT2D eigenvalue weighted by atomic mass is 35.5. The van der Waals surface area contributed by atoms with Gasteiger partial charge in [0.15, 0.2) is 0 Å². The van der Waals surface area contributed by atoms with Gasteiger partial charge in [0.1, 0.15) is 22.5 Å². The van der Waals surface area contributed by atoms with Crippen LogP contribution in [-0.4, -0.2) is 19.2 Å². The van der Waals surface area contributed by atoms with Gasteiger partial charge in [0.2, 0.25) is 0 Å². The lowest BCUT2D eigenvalue weighted by Gasteiger charge is -2.08. The maximum Gasteiger partial charge on any atom is 0.135 e. The predicted molar refractivity (Wildman–Crippen MR) is 76.1 cm³/mol. The second-order valence-corrected chi connectivity index (χ2v) is 4.30. The number of hydrogen-bond donors (Lipinski definition) is 1. The van der Waals surface area contributed by atoms with Gasteiger partial charge < -0.3 is 14.8 Å². The molecule has 2 aromatic rings. The van der Waals surface area contributed by atoms with E-state index < -0.39 is 0 Å². The fourth-order valence-corrected chi connectivity index (χ4v) is 1.82. The van der Waals surface area contributed by atoms with Gasteiger partial charge in [0.05, 0.1) is 14.2 Å². The van der Waals surface area contributed by atoms with Crippen molar-refractivity contribution in [2.24, 2.45) is 0 Å². The fourth-order valence-electron chi connectivity index (χ4n) is 1.62. The Labute approximate surface area is 117 Å². The van der Waals surface area contributed by atoms with E-state index in [0.29, 0.717) is 23.3 Å². The molecule has 0 saturated carbocycles. The average molecular weight is 279 g/mol. The summed E-state index contributed by atoms with van der Waals surface area (Å²) in [5.41, 5.74) is 1.13. The number of anilines is 1. The third kappa shape index (κ3) is 3.76. The first kappa shape index (κ1) is 13.5. The summed E-state index contributed by atoms with van der Waals surface area (Å²) >= 11 is 5.90. The molecule has 1 N–H and O–H groups in total. The largest absolute Gasteiger partial charge is 0.497 e. The summed E-state index contributed by atoms with van der Waals surface area (Å²) in [7, 11) is 3.24. The maximum atomic E-state index is 5.90. The third-order valence-electron chi connectivity index (χ3n) is 2.64. The zero-order chi connectivity index (χ0) is 13.7. The van der Waals surface area contributed by atoms with E-state index in [4.69, 9.17) is 21.1 Å². The van der Waals surface area contributed by atoms with Crippen LogP contribution in [0.5, 0.6) is 11.5 Å². The summed E-state index contributed by atoms with van der Waals surface area (Å²) in [5.74, 6) is 2.20. The quantitative estimate of drug-likeness (QED) is 0.852. The van der Waals surface area contributed by atoms with Gasteiger partial charge in [-0.05, 0) is 17.7 Å². The molecule has 0 amide bonds. The summed E-state index contributed by atoms with van der Waals surface area (Å²) in [5, 5.41) is 3.60. The van der Waals surface area contributed by atoms with Crippen molar-refractivity contribution in [3.63, 3.8) is 0 Å². The molecule has 0 aliphatic carbocycles. The zero-order valence-corrected chi connectivity index (χ0v) is 11.6. The number of pyridine rings is 1. The van der Waals surface area contributed by atoms with E-state index in [2.05, 4.69) is 10.3 Å². The van der Waals surface area contributed by atoms with Crippen LogP contribution in [0.4, 0.5) is 5.82 Å². The van der Waals surface area contributed by atoms with Crippen molar-refractivity contribution in [2.75, 3.05) is 19.5 Å². The Bertz CT molecular complexity index is 544. The average Bonchev–Trinajstić information content (AvgIpc) is 2.45. The number of aromatic nitrogens is 1. The summed E-state index contributed by atoms with van der Waals surface area (Å²) in [6, 6.07) is 11.3. The van der Waals surface area contributed by atoms with Crippen LogP contribution in [0.15, 0.2) is 36.4 Å². The molecule has 0 atom stereocenters. The molecule has 19 heavy (non-hydrogen) atoms. The van der Waals surface area contributed by atoms with E-state index in [1.165, 1.54) is 0 Å². The molecule has 4 nitrogen and oxygen atoms in total. The molecule has 0 aliphatic heterocycles. The van der Waals surface area contributed by atoms with Crippen molar-refractivity contribution in [3.8, 4) is 11.5 Å². The number of methoxy groups -OCH3 is 2. The van der Waals surface area contributed by atoms with Crippen LogP contribution in [0.1, 0.15) is 5.56 Å². The molecule has 1 aromatic heterocycles. The van der Waals surface area contributed by atoms with Crippen LogP contribution in [0.3, 0.4) is 0 Å². The van der Waals surface area contributed by atoms with Crippen molar-refractivity contribution in [1.29, 1.82) is 0 Å². The number of hydrogen-bond acceptors (Lipinski definition) is 4. The van der Waals surface area contributed by atoms with Crippen molar-refractivity contribution in [1.82, 2.24) is 4.98 Å². The number of nitrogens with zero attached hydrogens (tertiary/aromatic N) is 1. The summed E-state index contributed by atoms with van der Waals surface area (Å²) < 4.78 is 10.2. The van der Waals surface area contributed by atoms with Crippen molar-refractivity contribution in [2.45, 2.75) is 6.54 Å². The van der Waals surface area contributed by atoms with Crippen molar-refractivity contribution in [3.05, 3.63) is 47.1 Å². The highest BCUT2D eigenvalue weighted by Gasteiger charge is 2.01. The first-order chi connectivity index (χ1) is 9.21. The molecule has 0 fully saturated rings. The highest BCUT2D eigenvalue weighted by Crippen LogP contribution is 2.21. The third-order valence-corrected chi connectivity index (χ3v) is 2.83. The molecule has 0 radical (unpaired) electrons. The minimum Gasteiger partial charge on any atom is -0.497 e. The van der Waals surface area contributed by atoms with Crippen molar-refractivity contribution < 1.29 is 9.47 Å². The number of rotatable bonds is 5. The van der Waals surface area contributed by atoms with Crippen LogP contribution in [-0.2, 0) is 6.54 Å². The maximum absolute atomic E-state index is 5.90. The molecular formula is C14H15ClN2O2. The molecule has 1 heterocycles. The summed E-state index contributed by atoms with van der Waals surface area (Å²) in [6.45, 7) is 0.653. The van der Waals surface area contributed by atoms with Crippen LogP contribution in [0.25, 0.3) is 0 Å². The molecule has 0 saturated heterocycles. The Kier molecular flexibility index (Phi) is 4.47. The van der Waals surface area contributed by atoms with Gasteiger partial charge in [0, 0.05) is 18.7 Å². The summed E-state index contributed by atoms with van der Waals surface area (Å²) in [6.07, 6.45) is 0. The van der Waals surface area contributed by atoms with E-state index in [9.17, 15) is 0 Å². The Morgan fingerprint density at radius 1 is 1.05 bits per heavy atom. The standard InChI is InChI=1S/C14H15ClN2O2/c1-18-11-5-3-10(4-6-11)9-16-14-8-12(19-2)7-13(15)17-14/h3-8H,9H2,1-2H3,(H,16,17). The highest BCUT2D eigenvalue weighted by molar-refractivity contribution is 6.29. The van der Waals surface area contributed by atoms with Crippen LogP contribution in [0, 0.1) is 0 Å². The predicted octanol–water partition coefficient (Wildman–Crippen LogP) is 3.36. The lowest BCUT2D eigenvalue weighted by atomic mass is 10.2. The first-order valence-corrected chi connectivity index (χ1v) is 6.17. The monoisotopic (exact) mass is 278 g/mol. The number of ether oxygens (including phenoxy) is 2. The smallest absolute Gasteiger partial charge is 0.135 e. The number of benzene rings is 1. The van der Waals surface area contributed by atoms with Crippen LogP contribution in [0.2, 0.25) is 5.15 Å². The molecule has 0 spiro atoms. The molecule has 100 valence electrons. The Balaban J connectivity index is 2.03. The van der Waals surface area contributed by atoms with Gasteiger partial charge in [-0.25, -0.2) is 4.98 Å². The van der Waals surface area contributed by atoms with Gasteiger partial charge in [-0.15, -0.1) is 0 Å². The second-order valence-electron chi connectivity index (χ2n) is 3.92. The van der Waals surface area contributed by atoms with Crippen molar-refractivity contribution >= 4 is 17.4 Å². The lowest BCUT2D eigenvalue weighted by molar-refractivity contribution is 0.414. The van der Waals surface area contributed by atoms with E-state index in [1.54, 1.807) is 26.4 Å². The van der Waals surface area contributed by atoms with Crippen LogP contribution >= 0.6 is 11.6 Å². The summed E-state index contributed by atoms with van der Waals surface area (Å²) in [4.78, 5) is 4.18. The minimum absolute atomic E-state index is 0.400. The number of nitrogens with one attached hydrogen (secondary N) is 1. The van der Waals surface area contributed by atoms with E-state index in [0.717, 1.165) is 11.3 Å². The van der Waals surface area contributed by atoms with E-state index >= 15 is 0 Å². The molecule has 5 heteroatoms. The van der Waals surface area contributed by atoms with Crippen LogP contribution < -0.4 is 14.8 Å². The Morgan fingerprint density at radius 2 is 1.74 bits per heavy atom. The fraction of sp³-hybridized carbons (Fsp3) is 0.214. The van der Waals surface area contributed by atoms with Gasteiger partial charge >= 0.3 is 0 Å². The Morgan fingerprint density at radius 3 is 2.37 bits per heavy atom. The Hall–Kier alpha value is -1.94. The van der Waals surface area contributed by atoms with E-state index in [-0.39, 0.29) is 0 Å². The van der Waals surface area contributed by atoms with Gasteiger partial charge in [0.25, 0.3) is 0 Å². The minimum atomic E-state index is 0.400. The molecule has 2 rings (SSSR count).